The van der Waals surface area contributed by atoms with E-state index in [2.05, 4.69) is 4.72 Å². The standard InChI is InChI=1S/C14H22N2O3S/c15-13-6-3-7-14(10-13)19-8-9-20(17,18)16-11-12-4-1-2-5-12/h3,6-7,10,12,16H,1-2,4-5,8-9,11,15H2. The minimum atomic E-state index is -3.26. The van der Waals surface area contributed by atoms with Crippen molar-refractivity contribution >= 4 is 15.7 Å². The van der Waals surface area contributed by atoms with Crippen LogP contribution in [0.15, 0.2) is 24.3 Å². The van der Waals surface area contributed by atoms with Crippen LogP contribution < -0.4 is 15.2 Å². The van der Waals surface area contributed by atoms with Crippen LogP contribution in [0.3, 0.4) is 0 Å². The Bertz CT molecular complexity index is 525. The van der Waals surface area contributed by atoms with Gasteiger partial charge >= 0.3 is 0 Å². The van der Waals surface area contributed by atoms with Crippen molar-refractivity contribution in [2.45, 2.75) is 25.7 Å². The van der Waals surface area contributed by atoms with E-state index < -0.39 is 10.0 Å². The molecule has 0 radical (unpaired) electrons. The molecule has 5 nitrogen and oxygen atoms in total. The maximum atomic E-state index is 11.8. The quantitative estimate of drug-likeness (QED) is 0.752. The molecule has 1 saturated carbocycles. The van der Waals surface area contributed by atoms with Gasteiger partial charge < -0.3 is 10.5 Å². The zero-order chi connectivity index (χ0) is 14.4. The van der Waals surface area contributed by atoms with E-state index in [1.54, 1.807) is 24.3 Å². The first-order valence-electron chi connectivity index (χ1n) is 7.01. The Hall–Kier alpha value is -1.27. The zero-order valence-corrected chi connectivity index (χ0v) is 12.4. The number of hydrogen-bond donors (Lipinski definition) is 2. The minimum Gasteiger partial charge on any atom is -0.492 e. The molecule has 0 heterocycles. The lowest BCUT2D eigenvalue weighted by Crippen LogP contribution is -2.32. The maximum absolute atomic E-state index is 11.8. The molecule has 20 heavy (non-hydrogen) atoms. The van der Waals surface area contributed by atoms with Crippen molar-refractivity contribution in [1.29, 1.82) is 0 Å². The Labute approximate surface area is 120 Å². The molecule has 6 heteroatoms. The maximum Gasteiger partial charge on any atom is 0.214 e. The number of hydrogen-bond acceptors (Lipinski definition) is 4. The third-order valence-corrected chi connectivity index (χ3v) is 4.86. The summed E-state index contributed by atoms with van der Waals surface area (Å²) in [7, 11) is -3.26. The molecule has 1 aliphatic rings. The van der Waals surface area contributed by atoms with Gasteiger partial charge in [0.15, 0.2) is 0 Å². The Morgan fingerprint density at radius 3 is 2.75 bits per heavy atom. The number of ether oxygens (including phenoxy) is 1. The molecule has 0 atom stereocenters. The van der Waals surface area contributed by atoms with Gasteiger partial charge in [0.2, 0.25) is 10.0 Å². The number of nitrogens with two attached hydrogens (primary N) is 1. The topological polar surface area (TPSA) is 81.4 Å². The lowest BCUT2D eigenvalue weighted by atomic mass is 10.1. The Balaban J connectivity index is 1.71. The first-order valence-corrected chi connectivity index (χ1v) is 8.66. The first kappa shape index (κ1) is 15.1. The van der Waals surface area contributed by atoms with E-state index in [1.807, 2.05) is 0 Å². The molecule has 0 amide bonds. The van der Waals surface area contributed by atoms with Crippen LogP contribution in [0, 0.1) is 5.92 Å². The molecule has 2 rings (SSSR count). The van der Waals surface area contributed by atoms with E-state index >= 15 is 0 Å². The lowest BCUT2D eigenvalue weighted by Gasteiger charge is -2.12. The molecular formula is C14H22N2O3S. The van der Waals surface area contributed by atoms with Crippen molar-refractivity contribution in [2.75, 3.05) is 24.6 Å². The molecule has 1 aromatic rings. The fraction of sp³-hybridized carbons (Fsp3) is 0.571. The molecule has 0 bridgehead atoms. The van der Waals surface area contributed by atoms with Gasteiger partial charge in [0, 0.05) is 18.3 Å². The number of rotatable bonds is 7. The molecule has 0 aromatic heterocycles. The largest absolute Gasteiger partial charge is 0.492 e. The van der Waals surface area contributed by atoms with Gasteiger partial charge in [-0.15, -0.1) is 0 Å². The van der Waals surface area contributed by atoms with Gasteiger partial charge in [-0.05, 0) is 30.9 Å². The van der Waals surface area contributed by atoms with Gasteiger partial charge in [0.1, 0.15) is 12.4 Å². The Kier molecular flexibility index (Phi) is 5.25. The third-order valence-electron chi connectivity index (χ3n) is 3.55. The monoisotopic (exact) mass is 298 g/mol. The number of benzene rings is 1. The number of nitrogen functional groups attached to an aromatic ring is 1. The van der Waals surface area contributed by atoms with Gasteiger partial charge in [-0.1, -0.05) is 18.9 Å². The Morgan fingerprint density at radius 2 is 2.05 bits per heavy atom. The molecule has 0 aliphatic heterocycles. The van der Waals surface area contributed by atoms with Crippen LogP contribution in [0.5, 0.6) is 5.75 Å². The molecule has 1 fully saturated rings. The van der Waals surface area contributed by atoms with E-state index in [-0.39, 0.29) is 12.4 Å². The fourth-order valence-electron chi connectivity index (χ4n) is 2.41. The van der Waals surface area contributed by atoms with Crippen molar-refractivity contribution in [1.82, 2.24) is 4.72 Å². The predicted molar refractivity (Wildman–Crippen MR) is 80.1 cm³/mol. The highest BCUT2D eigenvalue weighted by Crippen LogP contribution is 2.23. The summed E-state index contributed by atoms with van der Waals surface area (Å²) in [6, 6.07) is 6.97. The van der Waals surface area contributed by atoms with Gasteiger partial charge in [0.25, 0.3) is 0 Å². The third kappa shape index (κ3) is 5.02. The second-order valence-electron chi connectivity index (χ2n) is 5.24. The SMILES string of the molecule is Nc1cccc(OCCS(=O)(=O)NCC2CCCC2)c1. The van der Waals surface area contributed by atoms with Crippen LogP contribution in [0.4, 0.5) is 5.69 Å². The van der Waals surface area contributed by atoms with Crippen molar-refractivity contribution in [2.24, 2.45) is 5.92 Å². The van der Waals surface area contributed by atoms with Crippen LogP contribution in [-0.4, -0.2) is 27.3 Å². The van der Waals surface area contributed by atoms with Crippen LogP contribution >= 0.6 is 0 Å². The van der Waals surface area contributed by atoms with Crippen LogP contribution in [0.1, 0.15) is 25.7 Å². The van der Waals surface area contributed by atoms with Crippen molar-refractivity contribution < 1.29 is 13.2 Å². The van der Waals surface area contributed by atoms with E-state index in [0.29, 0.717) is 23.9 Å². The second kappa shape index (κ2) is 6.95. The predicted octanol–water partition coefficient (Wildman–Crippen LogP) is 1.76. The average Bonchev–Trinajstić information content (AvgIpc) is 2.89. The summed E-state index contributed by atoms with van der Waals surface area (Å²) in [4.78, 5) is 0. The fourth-order valence-corrected chi connectivity index (χ4v) is 3.34. The summed E-state index contributed by atoms with van der Waals surface area (Å²) < 4.78 is 31.7. The second-order valence-corrected chi connectivity index (χ2v) is 7.17. The molecule has 1 aromatic carbocycles. The summed E-state index contributed by atoms with van der Waals surface area (Å²) in [5.74, 6) is 1.06. The summed E-state index contributed by atoms with van der Waals surface area (Å²) >= 11 is 0. The van der Waals surface area contributed by atoms with Crippen LogP contribution in [0.2, 0.25) is 0 Å². The summed E-state index contributed by atoms with van der Waals surface area (Å²) in [5, 5.41) is 0. The summed E-state index contributed by atoms with van der Waals surface area (Å²) in [5.41, 5.74) is 6.22. The van der Waals surface area contributed by atoms with Crippen molar-refractivity contribution in [3.05, 3.63) is 24.3 Å². The Morgan fingerprint density at radius 1 is 1.30 bits per heavy atom. The van der Waals surface area contributed by atoms with Crippen molar-refractivity contribution in [3.8, 4) is 5.75 Å². The highest BCUT2D eigenvalue weighted by Gasteiger charge is 2.18. The molecular weight excluding hydrogens is 276 g/mol. The van der Waals surface area contributed by atoms with E-state index in [1.165, 1.54) is 12.8 Å². The van der Waals surface area contributed by atoms with E-state index in [0.717, 1.165) is 12.8 Å². The minimum absolute atomic E-state index is 0.0332. The normalized spacial score (nSPS) is 16.4. The number of sulfonamides is 1. The van der Waals surface area contributed by atoms with Crippen LogP contribution in [-0.2, 0) is 10.0 Å². The summed E-state index contributed by atoms with van der Waals surface area (Å²) in [6.07, 6.45) is 4.68. The van der Waals surface area contributed by atoms with Gasteiger partial charge in [-0.2, -0.15) is 0 Å². The molecule has 112 valence electrons. The molecule has 0 spiro atoms. The van der Waals surface area contributed by atoms with Gasteiger partial charge in [0.05, 0.1) is 5.75 Å². The van der Waals surface area contributed by atoms with Crippen molar-refractivity contribution in [3.63, 3.8) is 0 Å². The van der Waals surface area contributed by atoms with Gasteiger partial charge in [-0.25, -0.2) is 13.1 Å². The van der Waals surface area contributed by atoms with Gasteiger partial charge in [-0.3, -0.25) is 0 Å². The summed E-state index contributed by atoms with van der Waals surface area (Å²) in [6.45, 7) is 0.685. The van der Waals surface area contributed by atoms with E-state index in [9.17, 15) is 8.42 Å². The highest BCUT2D eigenvalue weighted by molar-refractivity contribution is 7.89. The highest BCUT2D eigenvalue weighted by atomic mass is 32.2. The molecule has 1 aliphatic carbocycles. The molecule has 0 unspecified atom stereocenters. The molecule has 3 N–H and O–H groups in total. The smallest absolute Gasteiger partial charge is 0.214 e. The zero-order valence-electron chi connectivity index (χ0n) is 11.5. The van der Waals surface area contributed by atoms with Crippen LogP contribution in [0.25, 0.3) is 0 Å². The number of anilines is 1. The van der Waals surface area contributed by atoms with E-state index in [4.69, 9.17) is 10.5 Å². The average molecular weight is 298 g/mol. The number of nitrogens with one attached hydrogen (secondary N) is 1. The lowest BCUT2D eigenvalue weighted by molar-refractivity contribution is 0.340. The first-order chi connectivity index (χ1) is 9.55. The molecule has 0 saturated heterocycles.